The fourth-order valence-corrected chi connectivity index (χ4v) is 8.05. The van der Waals surface area contributed by atoms with Crippen molar-refractivity contribution >= 4 is 14.3 Å². The molecule has 0 bridgehead atoms. The van der Waals surface area contributed by atoms with Crippen molar-refractivity contribution in [2.45, 2.75) is 110 Å². The van der Waals surface area contributed by atoms with Crippen molar-refractivity contribution < 1.29 is 28.2 Å². The zero-order valence-electron chi connectivity index (χ0n) is 22.0. The first-order valence-electron chi connectivity index (χ1n) is 13.0. The van der Waals surface area contributed by atoms with E-state index >= 15 is 0 Å². The molecule has 0 spiro atoms. The standard InChI is InChI=1S/C26H48O6Si/c1-8-12-20-21(17-30-33(6,7)18-19(3)4)24(32-25-14-10-11-15-29-25)16-23(20)31-22(13-9-2)26(27)28-5/h8,12,19-25H,9-11,13-18H2,1-7H3/t20-,21-,22-,23+,24-,25?/m1/s1. The third kappa shape index (κ3) is 9.09. The van der Waals surface area contributed by atoms with Crippen molar-refractivity contribution in [2.75, 3.05) is 20.3 Å². The number of esters is 1. The fourth-order valence-electron chi connectivity index (χ4n) is 5.32. The Hall–Kier alpha value is -0.733. The Bertz CT molecular complexity index is 602. The van der Waals surface area contributed by atoms with E-state index in [4.69, 9.17) is 23.4 Å². The summed E-state index contributed by atoms with van der Waals surface area (Å²) in [5.74, 6) is 0.608. The Labute approximate surface area is 202 Å². The van der Waals surface area contributed by atoms with Crippen LogP contribution in [0.3, 0.4) is 0 Å². The molecule has 1 heterocycles. The molecule has 1 aliphatic carbocycles. The van der Waals surface area contributed by atoms with Crippen LogP contribution >= 0.6 is 0 Å². The van der Waals surface area contributed by atoms with Crippen molar-refractivity contribution in [3.8, 4) is 0 Å². The van der Waals surface area contributed by atoms with Gasteiger partial charge in [0.1, 0.15) is 0 Å². The first-order valence-corrected chi connectivity index (χ1v) is 16.1. The van der Waals surface area contributed by atoms with E-state index < -0.39 is 14.4 Å². The highest BCUT2D eigenvalue weighted by Gasteiger charge is 2.46. The van der Waals surface area contributed by atoms with Crippen molar-refractivity contribution in [3.05, 3.63) is 12.2 Å². The van der Waals surface area contributed by atoms with E-state index in [1.165, 1.54) is 7.11 Å². The van der Waals surface area contributed by atoms with Crippen LogP contribution < -0.4 is 0 Å². The first kappa shape index (κ1) is 28.5. The summed E-state index contributed by atoms with van der Waals surface area (Å²) in [6, 6.07) is 1.13. The maximum absolute atomic E-state index is 12.4. The molecule has 6 atom stereocenters. The van der Waals surface area contributed by atoms with Crippen LogP contribution in [0.15, 0.2) is 12.2 Å². The average Bonchev–Trinajstić information content (AvgIpc) is 3.07. The lowest BCUT2D eigenvalue weighted by Gasteiger charge is -2.33. The van der Waals surface area contributed by atoms with Crippen LogP contribution in [0, 0.1) is 17.8 Å². The molecule has 0 aromatic carbocycles. The molecular formula is C26H48O6Si. The van der Waals surface area contributed by atoms with Crippen molar-refractivity contribution in [2.24, 2.45) is 17.8 Å². The molecule has 0 amide bonds. The fraction of sp³-hybridized carbons (Fsp3) is 0.885. The number of carbonyl (C=O) groups excluding carboxylic acids is 1. The van der Waals surface area contributed by atoms with Gasteiger partial charge in [0.05, 0.1) is 19.3 Å². The lowest BCUT2D eigenvalue weighted by molar-refractivity contribution is -0.198. The Balaban J connectivity index is 2.21. The van der Waals surface area contributed by atoms with Crippen LogP contribution in [-0.2, 0) is 28.2 Å². The zero-order valence-corrected chi connectivity index (χ0v) is 23.0. The van der Waals surface area contributed by atoms with Crippen molar-refractivity contribution in [3.63, 3.8) is 0 Å². The molecule has 2 aliphatic rings. The smallest absolute Gasteiger partial charge is 0.334 e. The van der Waals surface area contributed by atoms with E-state index in [1.807, 2.05) is 6.92 Å². The van der Waals surface area contributed by atoms with Crippen LogP contribution in [0.25, 0.3) is 0 Å². The number of ether oxygens (including phenoxy) is 4. The second-order valence-electron chi connectivity index (χ2n) is 10.6. The lowest BCUT2D eigenvalue weighted by atomic mass is 9.93. The van der Waals surface area contributed by atoms with Gasteiger partial charge >= 0.3 is 5.97 Å². The number of hydrogen-bond donors (Lipinski definition) is 0. The second-order valence-corrected chi connectivity index (χ2v) is 14.8. The summed E-state index contributed by atoms with van der Waals surface area (Å²) >= 11 is 0. The summed E-state index contributed by atoms with van der Waals surface area (Å²) in [6.45, 7) is 14.6. The van der Waals surface area contributed by atoms with E-state index in [9.17, 15) is 4.79 Å². The molecular weight excluding hydrogens is 436 g/mol. The van der Waals surface area contributed by atoms with Crippen molar-refractivity contribution in [1.82, 2.24) is 0 Å². The van der Waals surface area contributed by atoms with E-state index in [0.29, 0.717) is 18.9 Å². The molecule has 2 fully saturated rings. The van der Waals surface area contributed by atoms with E-state index in [2.05, 4.69) is 46.0 Å². The molecule has 0 radical (unpaired) electrons. The Morgan fingerprint density at radius 3 is 2.55 bits per heavy atom. The van der Waals surface area contributed by atoms with Gasteiger partial charge in [-0.1, -0.05) is 39.3 Å². The Morgan fingerprint density at radius 1 is 1.21 bits per heavy atom. The third-order valence-corrected chi connectivity index (χ3v) is 9.41. The topological polar surface area (TPSA) is 63.2 Å². The molecule has 192 valence electrons. The molecule has 0 N–H and O–H groups in total. The maximum atomic E-state index is 12.4. The zero-order chi connectivity index (χ0) is 24.4. The molecule has 7 heteroatoms. The highest BCUT2D eigenvalue weighted by Crippen LogP contribution is 2.40. The van der Waals surface area contributed by atoms with Crippen LogP contribution in [0.4, 0.5) is 0 Å². The second kappa shape index (κ2) is 14.0. The van der Waals surface area contributed by atoms with Gasteiger partial charge in [0.2, 0.25) is 0 Å². The number of methoxy groups -OCH3 is 1. The van der Waals surface area contributed by atoms with Gasteiger partial charge in [-0.05, 0) is 57.7 Å². The van der Waals surface area contributed by atoms with Gasteiger partial charge in [0.25, 0.3) is 0 Å². The molecule has 33 heavy (non-hydrogen) atoms. The summed E-state index contributed by atoms with van der Waals surface area (Å²) in [7, 11) is -0.357. The molecule has 1 saturated heterocycles. The number of rotatable bonds is 13. The predicted octanol–water partition coefficient (Wildman–Crippen LogP) is 5.72. The minimum atomic E-state index is -1.78. The van der Waals surface area contributed by atoms with Gasteiger partial charge in [-0.15, -0.1) is 0 Å². The SMILES string of the molecule is CC=C[C@@H]1[C@@H](CO[Si](C)(C)CC(C)C)[C@H](OC2CCCCO2)C[C@@H]1O[C@H](CCC)C(=O)OC. The molecule has 2 rings (SSSR count). The van der Waals surface area contributed by atoms with Gasteiger partial charge in [-0.25, -0.2) is 4.79 Å². The molecule has 0 aromatic rings. The molecule has 0 aromatic heterocycles. The normalized spacial score (nSPS) is 29.6. The van der Waals surface area contributed by atoms with Crippen LogP contribution in [0.2, 0.25) is 19.1 Å². The van der Waals surface area contributed by atoms with E-state index in [0.717, 1.165) is 44.8 Å². The maximum Gasteiger partial charge on any atom is 0.334 e. The van der Waals surface area contributed by atoms with E-state index in [1.54, 1.807) is 0 Å². The summed E-state index contributed by atoms with van der Waals surface area (Å²) in [6.07, 6.45) is 8.83. The van der Waals surface area contributed by atoms with Gasteiger partial charge < -0.3 is 23.4 Å². The molecule has 1 aliphatic heterocycles. The van der Waals surface area contributed by atoms with E-state index in [-0.39, 0.29) is 36.3 Å². The Morgan fingerprint density at radius 2 is 1.97 bits per heavy atom. The number of allylic oxidation sites excluding steroid dienone is 1. The largest absolute Gasteiger partial charge is 0.467 e. The average molecular weight is 485 g/mol. The van der Waals surface area contributed by atoms with Gasteiger partial charge in [0, 0.05) is 31.5 Å². The minimum Gasteiger partial charge on any atom is -0.467 e. The van der Waals surface area contributed by atoms with Gasteiger partial charge in [0.15, 0.2) is 20.7 Å². The highest BCUT2D eigenvalue weighted by molar-refractivity contribution is 6.71. The summed E-state index contributed by atoms with van der Waals surface area (Å²) < 4.78 is 30.5. The predicted molar refractivity (Wildman–Crippen MR) is 134 cm³/mol. The first-order chi connectivity index (χ1) is 15.7. The van der Waals surface area contributed by atoms with Crippen LogP contribution in [0.5, 0.6) is 0 Å². The Kier molecular flexibility index (Phi) is 12.1. The minimum absolute atomic E-state index is 0.0249. The molecule has 1 saturated carbocycles. The summed E-state index contributed by atoms with van der Waals surface area (Å²) in [4.78, 5) is 12.4. The summed E-state index contributed by atoms with van der Waals surface area (Å²) in [5, 5.41) is 0. The molecule has 6 nitrogen and oxygen atoms in total. The molecule has 1 unspecified atom stereocenters. The number of carbonyl (C=O) groups is 1. The van der Waals surface area contributed by atoms with Crippen LogP contribution in [0.1, 0.15) is 66.2 Å². The monoisotopic (exact) mass is 484 g/mol. The van der Waals surface area contributed by atoms with Crippen molar-refractivity contribution in [1.29, 1.82) is 0 Å². The van der Waals surface area contributed by atoms with Crippen LogP contribution in [-0.4, -0.2) is 59.2 Å². The lowest BCUT2D eigenvalue weighted by Crippen LogP contribution is -2.39. The highest BCUT2D eigenvalue weighted by atomic mass is 28.4. The quantitative estimate of drug-likeness (QED) is 0.189. The van der Waals surface area contributed by atoms with Gasteiger partial charge in [-0.2, -0.15) is 0 Å². The summed E-state index contributed by atoms with van der Waals surface area (Å²) in [5.41, 5.74) is 0. The number of hydrogen-bond acceptors (Lipinski definition) is 6. The van der Waals surface area contributed by atoms with Gasteiger partial charge in [-0.3, -0.25) is 0 Å². The third-order valence-electron chi connectivity index (χ3n) is 6.67.